The van der Waals surface area contributed by atoms with Crippen molar-refractivity contribution >= 4 is 46.6 Å². The molecule has 0 amide bonds. The Labute approximate surface area is 242 Å². The number of H-pyrrole nitrogens is 1. The Hall–Kier alpha value is -3.37. The highest BCUT2D eigenvalue weighted by Gasteiger charge is 2.50. The van der Waals surface area contributed by atoms with Gasteiger partial charge in [0.2, 0.25) is 0 Å². The molecule has 3 N–H and O–H groups in total. The van der Waals surface area contributed by atoms with Gasteiger partial charge in [0.1, 0.15) is 48.9 Å². The summed E-state index contributed by atoms with van der Waals surface area (Å²) in [6.07, 6.45) is 3.33. The molecule has 0 spiro atoms. The van der Waals surface area contributed by atoms with E-state index in [9.17, 15) is 14.3 Å². The summed E-state index contributed by atoms with van der Waals surface area (Å²) in [5.41, 5.74) is 0.956. The fraction of sp³-hybridized carbons (Fsp3) is 0.250. The molecule has 0 bridgehead atoms. The highest BCUT2D eigenvalue weighted by molar-refractivity contribution is 6.39. The molecule has 0 unspecified atom stereocenters. The van der Waals surface area contributed by atoms with Gasteiger partial charge in [0.25, 0.3) is 5.82 Å². The summed E-state index contributed by atoms with van der Waals surface area (Å²) in [5.74, 6) is 0.481. The number of hydrogen-bond acceptors (Lipinski definition) is 6. The van der Waals surface area contributed by atoms with Crippen molar-refractivity contribution in [1.82, 2.24) is 5.16 Å². The number of carbonyl (C=O) groups is 1. The minimum atomic E-state index is -1.19. The molecule has 12 heteroatoms. The highest BCUT2D eigenvalue weighted by Crippen LogP contribution is 2.46. The van der Waals surface area contributed by atoms with Crippen LogP contribution in [0.4, 0.5) is 10.2 Å². The van der Waals surface area contributed by atoms with E-state index < -0.39 is 17.4 Å². The Kier molecular flexibility index (Phi) is 6.86. The minimum Gasteiger partial charge on any atom is -0.489 e. The van der Waals surface area contributed by atoms with E-state index in [0.717, 1.165) is 12.8 Å². The molecule has 2 aromatic carbocycles. The maximum atomic E-state index is 13.8. The van der Waals surface area contributed by atoms with E-state index in [1.54, 1.807) is 24.3 Å². The number of halogens is 4. The van der Waals surface area contributed by atoms with Crippen molar-refractivity contribution in [3.8, 4) is 17.0 Å². The molecule has 40 heavy (non-hydrogen) atoms. The van der Waals surface area contributed by atoms with Gasteiger partial charge in [-0.2, -0.15) is 0 Å². The van der Waals surface area contributed by atoms with Gasteiger partial charge in [-0.1, -0.05) is 46.0 Å². The molecule has 0 atom stereocenters. The van der Waals surface area contributed by atoms with Crippen LogP contribution in [-0.2, 0) is 12.2 Å². The van der Waals surface area contributed by atoms with Crippen LogP contribution < -0.4 is 14.6 Å². The van der Waals surface area contributed by atoms with Crippen LogP contribution >= 0.6 is 34.8 Å². The first-order chi connectivity index (χ1) is 19.1. The molecule has 8 nitrogen and oxygen atoms in total. The SMILES string of the molecule is O=C(O)c1ccc(N2CC(O)(c3ccc(OCc4c(-c5c(Cl)cc(F)cc5Cl)noc4C4CC4)cc3Cl)C2)[nH+]c1. The number of aromatic carboxylic acids is 1. The van der Waals surface area contributed by atoms with Gasteiger partial charge < -0.3 is 19.5 Å². The van der Waals surface area contributed by atoms with Crippen molar-refractivity contribution < 1.29 is 33.6 Å². The largest absolute Gasteiger partial charge is 0.489 e. The number of rotatable bonds is 8. The van der Waals surface area contributed by atoms with Crippen molar-refractivity contribution in [2.24, 2.45) is 0 Å². The maximum absolute atomic E-state index is 13.8. The van der Waals surface area contributed by atoms with E-state index in [-0.39, 0.29) is 41.2 Å². The zero-order valence-electron chi connectivity index (χ0n) is 20.8. The number of β-amino-alcohol motifs (C(OH)–C–C–N with tert-alkyl or cyclic N) is 1. The summed E-state index contributed by atoms with van der Waals surface area (Å²) in [7, 11) is 0. The Morgan fingerprint density at radius 1 is 1.12 bits per heavy atom. The summed E-state index contributed by atoms with van der Waals surface area (Å²) in [5, 5.41) is 25.0. The number of carboxylic acid groups (broad SMARTS) is 1. The molecule has 1 aliphatic carbocycles. The standard InChI is InChI=1S/C28H21Cl3FN3O5/c29-20-9-17(4-5-19(20)28(38)12-35(13-28)23-6-3-15(10-33-23)27(36)37)39-11-18-25(34-40-26(18)14-1-2-14)24-21(30)7-16(32)8-22(24)31/h3-10,14,38H,1-2,11-13H2,(H,36,37)/p+1. The van der Waals surface area contributed by atoms with Crippen LogP contribution in [0.5, 0.6) is 5.75 Å². The third-order valence-electron chi connectivity index (χ3n) is 7.12. The summed E-state index contributed by atoms with van der Waals surface area (Å²) in [4.78, 5) is 15.9. The lowest BCUT2D eigenvalue weighted by atomic mass is 9.86. The lowest BCUT2D eigenvalue weighted by Crippen LogP contribution is -2.60. The van der Waals surface area contributed by atoms with Crippen molar-refractivity contribution in [2.45, 2.75) is 31.0 Å². The minimum absolute atomic E-state index is 0.0879. The fourth-order valence-corrected chi connectivity index (χ4v) is 5.87. The molecule has 2 aromatic heterocycles. The van der Waals surface area contributed by atoms with Gasteiger partial charge in [-0.3, -0.25) is 4.90 Å². The molecule has 2 fully saturated rings. The Morgan fingerprint density at radius 2 is 1.85 bits per heavy atom. The summed E-state index contributed by atoms with van der Waals surface area (Å²) in [6.45, 7) is 0.623. The molecule has 3 heterocycles. The van der Waals surface area contributed by atoms with Gasteiger partial charge in [0, 0.05) is 23.1 Å². The molecule has 0 radical (unpaired) electrons. The van der Waals surface area contributed by atoms with Crippen LogP contribution in [-0.4, -0.2) is 34.4 Å². The van der Waals surface area contributed by atoms with Crippen molar-refractivity contribution in [1.29, 1.82) is 0 Å². The second-order valence-electron chi connectivity index (χ2n) is 9.98. The van der Waals surface area contributed by atoms with Gasteiger partial charge in [-0.25, -0.2) is 14.2 Å². The number of nitrogens with zero attached hydrogens (tertiary/aromatic N) is 2. The van der Waals surface area contributed by atoms with Crippen LogP contribution in [0.1, 0.15) is 46.0 Å². The van der Waals surface area contributed by atoms with Gasteiger partial charge in [0.05, 0.1) is 26.2 Å². The number of aromatic nitrogens is 2. The van der Waals surface area contributed by atoms with Crippen molar-refractivity contribution in [2.75, 3.05) is 18.0 Å². The highest BCUT2D eigenvalue weighted by atomic mass is 35.5. The van der Waals surface area contributed by atoms with Gasteiger partial charge in [-0.15, -0.1) is 0 Å². The number of carboxylic acids is 1. The van der Waals surface area contributed by atoms with E-state index in [1.165, 1.54) is 24.4 Å². The number of hydrogen-bond donors (Lipinski definition) is 2. The third-order valence-corrected chi connectivity index (χ3v) is 8.03. The van der Waals surface area contributed by atoms with Crippen LogP contribution in [0.3, 0.4) is 0 Å². The van der Waals surface area contributed by atoms with Gasteiger partial charge in [-0.05, 0) is 43.2 Å². The second kappa shape index (κ2) is 10.2. The first-order valence-electron chi connectivity index (χ1n) is 12.4. The fourth-order valence-electron chi connectivity index (χ4n) is 4.88. The Bertz CT molecular complexity index is 1600. The van der Waals surface area contributed by atoms with Crippen molar-refractivity contribution in [3.63, 3.8) is 0 Å². The predicted molar refractivity (Wildman–Crippen MR) is 146 cm³/mol. The zero-order chi connectivity index (χ0) is 28.2. The molecule has 6 rings (SSSR count). The average Bonchev–Trinajstić information content (AvgIpc) is 3.65. The first kappa shape index (κ1) is 26.8. The van der Waals surface area contributed by atoms with Crippen molar-refractivity contribution in [3.05, 3.63) is 92.0 Å². The molecular weight excluding hydrogens is 584 g/mol. The summed E-state index contributed by atoms with van der Waals surface area (Å²) >= 11 is 19.2. The summed E-state index contributed by atoms with van der Waals surface area (Å²) < 4.78 is 25.5. The molecular formula is C28H22Cl3FN3O5+. The van der Waals surface area contributed by atoms with Crippen LogP contribution in [0, 0.1) is 5.82 Å². The maximum Gasteiger partial charge on any atom is 0.339 e. The van der Waals surface area contributed by atoms with Crippen LogP contribution in [0.25, 0.3) is 11.3 Å². The number of nitrogens with one attached hydrogen (secondary N) is 1. The third kappa shape index (κ3) is 4.99. The normalized spacial score (nSPS) is 16.1. The molecule has 206 valence electrons. The van der Waals surface area contributed by atoms with E-state index in [0.29, 0.717) is 44.7 Å². The summed E-state index contributed by atoms with van der Waals surface area (Å²) in [6, 6.07) is 10.6. The smallest absolute Gasteiger partial charge is 0.339 e. The molecule has 4 aromatic rings. The quantitative estimate of drug-likeness (QED) is 0.249. The average molecular weight is 606 g/mol. The lowest BCUT2D eigenvalue weighted by molar-refractivity contribution is -0.366. The van der Waals surface area contributed by atoms with Gasteiger partial charge >= 0.3 is 5.97 Å². The molecule has 1 saturated carbocycles. The van der Waals surface area contributed by atoms with Crippen LogP contribution in [0.15, 0.2) is 53.2 Å². The number of pyridine rings is 1. The van der Waals surface area contributed by atoms with E-state index in [1.807, 2.05) is 4.90 Å². The van der Waals surface area contributed by atoms with E-state index >= 15 is 0 Å². The lowest BCUT2D eigenvalue weighted by Gasteiger charge is -2.42. The molecule has 1 aliphatic heterocycles. The van der Waals surface area contributed by atoms with E-state index in [4.69, 9.17) is 49.2 Å². The Balaban J connectivity index is 1.18. The van der Waals surface area contributed by atoms with E-state index in [2.05, 4.69) is 10.1 Å². The monoisotopic (exact) mass is 604 g/mol. The predicted octanol–water partition coefficient (Wildman–Crippen LogP) is 6.12. The topological polar surface area (TPSA) is 110 Å². The first-order valence-corrected chi connectivity index (χ1v) is 13.5. The zero-order valence-corrected chi connectivity index (χ0v) is 23.0. The Morgan fingerprint density at radius 3 is 2.45 bits per heavy atom. The molecule has 1 saturated heterocycles. The number of aliphatic hydroxyl groups is 1. The van der Waals surface area contributed by atoms with Gasteiger partial charge in [0.15, 0.2) is 5.60 Å². The number of benzene rings is 2. The number of aromatic amines is 1. The second-order valence-corrected chi connectivity index (χ2v) is 11.2. The molecule has 2 aliphatic rings. The number of anilines is 1. The number of ether oxygens (including phenoxy) is 1. The van der Waals surface area contributed by atoms with Crippen LogP contribution in [0.2, 0.25) is 15.1 Å².